The van der Waals surface area contributed by atoms with Crippen LogP contribution in [0.5, 0.6) is 5.75 Å². The third kappa shape index (κ3) is 4.79. The Morgan fingerprint density at radius 2 is 1.89 bits per heavy atom. The molecular formula is C19H16FN3O4. The number of nitrogens with zero attached hydrogens (tertiary/aromatic N) is 2. The second kappa shape index (κ2) is 8.28. The second-order valence-corrected chi connectivity index (χ2v) is 5.91. The third-order valence-corrected chi connectivity index (χ3v) is 3.72. The Morgan fingerprint density at radius 3 is 2.48 bits per heavy atom. The standard InChI is InChI=1S/C19H16FN3O4/c1-19(26,11-27-16-5-3-13(9-22)17(20)7-16)18(25)23-15-4-2-12(8-21)14(6-15)10-24/h2-7,24,26H,10-11H2,1H3,(H,23,25). The first-order valence-electron chi connectivity index (χ1n) is 7.81. The summed E-state index contributed by atoms with van der Waals surface area (Å²) in [7, 11) is 0. The molecule has 0 fully saturated rings. The Morgan fingerprint density at radius 1 is 1.22 bits per heavy atom. The van der Waals surface area contributed by atoms with E-state index in [9.17, 15) is 19.4 Å². The number of hydrogen-bond acceptors (Lipinski definition) is 6. The summed E-state index contributed by atoms with van der Waals surface area (Å²) in [4.78, 5) is 12.3. The molecule has 0 saturated carbocycles. The highest BCUT2D eigenvalue weighted by Crippen LogP contribution is 2.20. The first-order valence-corrected chi connectivity index (χ1v) is 7.81. The van der Waals surface area contributed by atoms with E-state index in [1.54, 1.807) is 6.07 Å². The number of ether oxygens (including phenoxy) is 1. The number of anilines is 1. The zero-order chi connectivity index (χ0) is 20.0. The van der Waals surface area contributed by atoms with Crippen molar-refractivity contribution in [3.05, 3.63) is 58.9 Å². The van der Waals surface area contributed by atoms with Gasteiger partial charge < -0.3 is 20.3 Å². The number of amides is 1. The van der Waals surface area contributed by atoms with E-state index in [-0.39, 0.29) is 29.2 Å². The van der Waals surface area contributed by atoms with E-state index < -0.39 is 23.9 Å². The molecule has 0 aliphatic heterocycles. The molecule has 2 rings (SSSR count). The summed E-state index contributed by atoms with van der Waals surface area (Å²) in [6.45, 7) is 0.378. The normalized spacial score (nSPS) is 12.4. The minimum absolute atomic E-state index is 0.0560. The van der Waals surface area contributed by atoms with Gasteiger partial charge in [-0.25, -0.2) is 4.39 Å². The molecule has 8 heteroatoms. The lowest BCUT2D eigenvalue weighted by atomic mass is 10.1. The van der Waals surface area contributed by atoms with Crippen molar-refractivity contribution in [1.82, 2.24) is 0 Å². The third-order valence-electron chi connectivity index (χ3n) is 3.72. The van der Waals surface area contributed by atoms with E-state index in [4.69, 9.17) is 15.3 Å². The molecular weight excluding hydrogens is 353 g/mol. The molecule has 0 aliphatic carbocycles. The number of carbonyl (C=O) groups is 1. The molecule has 0 spiro atoms. The van der Waals surface area contributed by atoms with Gasteiger partial charge in [-0.05, 0) is 42.8 Å². The first-order chi connectivity index (χ1) is 12.8. The molecule has 2 aromatic rings. The Hall–Kier alpha value is -3.46. The summed E-state index contributed by atoms with van der Waals surface area (Å²) in [5.74, 6) is -1.50. The van der Waals surface area contributed by atoms with Crippen LogP contribution in [0, 0.1) is 28.5 Å². The van der Waals surface area contributed by atoms with Gasteiger partial charge in [0.1, 0.15) is 24.2 Å². The van der Waals surface area contributed by atoms with Crippen LogP contribution in [-0.4, -0.2) is 28.3 Å². The number of nitriles is 2. The maximum atomic E-state index is 13.6. The fourth-order valence-corrected chi connectivity index (χ4v) is 2.14. The molecule has 3 N–H and O–H groups in total. The maximum absolute atomic E-state index is 13.6. The molecule has 0 aromatic heterocycles. The van der Waals surface area contributed by atoms with Crippen LogP contribution in [0.4, 0.5) is 10.1 Å². The first kappa shape index (κ1) is 19.9. The number of carbonyl (C=O) groups excluding carboxylic acids is 1. The molecule has 1 atom stereocenters. The Labute approximate surface area is 154 Å². The summed E-state index contributed by atoms with van der Waals surface area (Å²) in [5, 5.41) is 39.7. The van der Waals surface area contributed by atoms with Crippen LogP contribution in [0.15, 0.2) is 36.4 Å². The van der Waals surface area contributed by atoms with Gasteiger partial charge in [-0.15, -0.1) is 0 Å². The topological polar surface area (TPSA) is 126 Å². The van der Waals surface area contributed by atoms with Crippen LogP contribution < -0.4 is 10.1 Å². The highest BCUT2D eigenvalue weighted by atomic mass is 19.1. The van der Waals surface area contributed by atoms with E-state index in [1.165, 1.54) is 37.3 Å². The minimum Gasteiger partial charge on any atom is -0.490 e. The molecule has 0 saturated heterocycles. The predicted molar refractivity (Wildman–Crippen MR) is 92.9 cm³/mol. The summed E-state index contributed by atoms with van der Waals surface area (Å²) in [6.07, 6.45) is 0. The fourth-order valence-electron chi connectivity index (χ4n) is 2.14. The number of hydrogen-bond donors (Lipinski definition) is 3. The molecule has 27 heavy (non-hydrogen) atoms. The van der Waals surface area contributed by atoms with Gasteiger partial charge in [0.15, 0.2) is 5.60 Å². The van der Waals surface area contributed by atoms with Crippen molar-refractivity contribution in [3.63, 3.8) is 0 Å². The van der Waals surface area contributed by atoms with E-state index in [0.29, 0.717) is 5.56 Å². The average Bonchev–Trinajstić information content (AvgIpc) is 2.66. The van der Waals surface area contributed by atoms with Crippen LogP contribution in [0.1, 0.15) is 23.6 Å². The lowest BCUT2D eigenvalue weighted by Gasteiger charge is -2.23. The molecule has 0 bridgehead atoms. The zero-order valence-electron chi connectivity index (χ0n) is 14.4. The molecule has 138 valence electrons. The molecule has 1 amide bonds. The molecule has 7 nitrogen and oxygen atoms in total. The molecule has 0 radical (unpaired) electrons. The number of aliphatic hydroxyl groups excluding tert-OH is 1. The Bertz CT molecular complexity index is 945. The van der Waals surface area contributed by atoms with Gasteiger partial charge in [0, 0.05) is 11.8 Å². The van der Waals surface area contributed by atoms with Gasteiger partial charge in [-0.1, -0.05) is 0 Å². The van der Waals surface area contributed by atoms with Crippen molar-refractivity contribution in [2.45, 2.75) is 19.1 Å². The summed E-state index contributed by atoms with van der Waals surface area (Å²) >= 11 is 0. The van der Waals surface area contributed by atoms with Crippen molar-refractivity contribution >= 4 is 11.6 Å². The molecule has 0 aliphatic rings. The lowest BCUT2D eigenvalue weighted by molar-refractivity contribution is -0.135. The number of aliphatic hydroxyl groups is 2. The van der Waals surface area contributed by atoms with Gasteiger partial charge in [0.2, 0.25) is 0 Å². The van der Waals surface area contributed by atoms with E-state index in [1.807, 2.05) is 6.07 Å². The number of nitrogens with one attached hydrogen (secondary N) is 1. The molecule has 2 aromatic carbocycles. The van der Waals surface area contributed by atoms with E-state index >= 15 is 0 Å². The highest BCUT2D eigenvalue weighted by molar-refractivity contribution is 5.97. The Balaban J connectivity index is 2.06. The van der Waals surface area contributed by atoms with Crippen molar-refractivity contribution in [2.24, 2.45) is 0 Å². The average molecular weight is 369 g/mol. The van der Waals surface area contributed by atoms with E-state index in [2.05, 4.69) is 5.32 Å². The largest absolute Gasteiger partial charge is 0.490 e. The van der Waals surface area contributed by atoms with Gasteiger partial charge in [0.05, 0.1) is 23.8 Å². The van der Waals surface area contributed by atoms with Crippen LogP contribution in [0.25, 0.3) is 0 Å². The quantitative estimate of drug-likeness (QED) is 0.713. The second-order valence-electron chi connectivity index (χ2n) is 5.91. The Kier molecular flexibility index (Phi) is 6.09. The van der Waals surface area contributed by atoms with Gasteiger partial charge >= 0.3 is 0 Å². The summed E-state index contributed by atoms with van der Waals surface area (Å²) in [6, 6.07) is 11.5. The van der Waals surface area contributed by atoms with Crippen molar-refractivity contribution in [2.75, 3.05) is 11.9 Å². The maximum Gasteiger partial charge on any atom is 0.259 e. The van der Waals surface area contributed by atoms with Crippen LogP contribution in [0.3, 0.4) is 0 Å². The van der Waals surface area contributed by atoms with Crippen molar-refractivity contribution < 1.29 is 24.1 Å². The van der Waals surface area contributed by atoms with Crippen LogP contribution in [-0.2, 0) is 11.4 Å². The van der Waals surface area contributed by atoms with Gasteiger partial charge in [0.25, 0.3) is 5.91 Å². The smallest absolute Gasteiger partial charge is 0.259 e. The molecule has 1 unspecified atom stereocenters. The monoisotopic (exact) mass is 369 g/mol. The minimum atomic E-state index is -1.95. The van der Waals surface area contributed by atoms with Crippen LogP contribution >= 0.6 is 0 Å². The summed E-state index contributed by atoms with van der Waals surface area (Å²) < 4.78 is 18.8. The lowest BCUT2D eigenvalue weighted by Crippen LogP contribution is -2.45. The van der Waals surface area contributed by atoms with Gasteiger partial charge in [-0.3, -0.25) is 4.79 Å². The highest BCUT2D eigenvalue weighted by Gasteiger charge is 2.31. The fraction of sp³-hybridized carbons (Fsp3) is 0.211. The van der Waals surface area contributed by atoms with E-state index in [0.717, 1.165) is 6.07 Å². The SMILES string of the molecule is CC(O)(COc1ccc(C#N)c(F)c1)C(=O)Nc1ccc(C#N)c(CO)c1. The van der Waals surface area contributed by atoms with Crippen molar-refractivity contribution in [1.29, 1.82) is 10.5 Å². The van der Waals surface area contributed by atoms with Gasteiger partial charge in [-0.2, -0.15) is 10.5 Å². The summed E-state index contributed by atoms with van der Waals surface area (Å²) in [5.41, 5.74) is -1.20. The van der Waals surface area contributed by atoms with Crippen LogP contribution in [0.2, 0.25) is 0 Å². The number of benzene rings is 2. The predicted octanol–water partition coefficient (Wildman–Crippen LogP) is 1.83. The number of halogens is 1. The van der Waals surface area contributed by atoms with Crippen molar-refractivity contribution in [3.8, 4) is 17.9 Å². The number of rotatable bonds is 6. The zero-order valence-corrected chi connectivity index (χ0v) is 14.4. The molecule has 0 heterocycles.